The minimum absolute atomic E-state index is 2.01. The van der Waals surface area contributed by atoms with Gasteiger partial charge in [-0.05, 0) is 0 Å². The molecule has 0 aromatic rings. The van der Waals surface area contributed by atoms with E-state index in [1.54, 1.807) is 0 Å². The lowest BCUT2D eigenvalue weighted by Crippen LogP contribution is -2.58. The summed E-state index contributed by atoms with van der Waals surface area (Å²) in [5.74, 6) is -13.4. The zero-order chi connectivity index (χ0) is 19.4. The zero-order valence-corrected chi connectivity index (χ0v) is 10.1. The van der Waals surface area contributed by atoms with Crippen LogP contribution in [-0.4, -0.2) is 43.2 Å². The molecule has 0 bridgehead atoms. The standard InChI is InChI=1S/C5H2F10.C3H3F5/c6-1(2(7)8)3(9,10)4(11,12)5(13,14)15;4-2(5)1-3(6,7)8/h1-2H;2H,1H2. The van der Waals surface area contributed by atoms with Crippen molar-refractivity contribution in [3.63, 3.8) is 0 Å². The van der Waals surface area contributed by atoms with E-state index in [0.29, 0.717) is 0 Å². The maximum absolute atomic E-state index is 12.0. The topological polar surface area (TPSA) is 0 Å². The van der Waals surface area contributed by atoms with Gasteiger partial charge in [0.15, 0.2) is 0 Å². The fourth-order valence-electron chi connectivity index (χ4n) is 0.695. The van der Waals surface area contributed by atoms with E-state index < -0.39 is 49.6 Å². The molecule has 142 valence electrons. The van der Waals surface area contributed by atoms with Gasteiger partial charge >= 0.3 is 24.2 Å². The van der Waals surface area contributed by atoms with Crippen LogP contribution in [0.15, 0.2) is 0 Å². The molecule has 0 aliphatic rings. The smallest absolute Gasteiger partial charge is 0.234 e. The molecule has 0 radical (unpaired) electrons. The van der Waals surface area contributed by atoms with Crippen molar-refractivity contribution >= 4 is 0 Å². The minimum Gasteiger partial charge on any atom is -0.234 e. The molecule has 0 nitrogen and oxygen atoms in total. The van der Waals surface area contributed by atoms with Crippen LogP contribution in [0.25, 0.3) is 0 Å². The van der Waals surface area contributed by atoms with Crippen LogP contribution in [0.3, 0.4) is 0 Å². The number of rotatable bonds is 4. The maximum atomic E-state index is 12.0. The molecule has 0 rings (SSSR count). The van der Waals surface area contributed by atoms with Gasteiger partial charge in [-0.3, -0.25) is 0 Å². The predicted octanol–water partition coefficient (Wildman–Crippen LogP) is 5.63. The Morgan fingerprint density at radius 3 is 1.09 bits per heavy atom. The van der Waals surface area contributed by atoms with E-state index in [2.05, 4.69) is 0 Å². The molecule has 0 heterocycles. The number of halogens is 15. The molecule has 0 aliphatic heterocycles. The molecule has 0 aromatic carbocycles. The van der Waals surface area contributed by atoms with Gasteiger partial charge in [0, 0.05) is 0 Å². The first-order chi connectivity index (χ1) is 9.77. The number of alkyl halides is 15. The Morgan fingerprint density at radius 2 is 0.957 bits per heavy atom. The predicted molar refractivity (Wildman–Crippen MR) is 43.5 cm³/mol. The lowest BCUT2D eigenvalue weighted by Gasteiger charge is -2.29. The van der Waals surface area contributed by atoms with Crippen LogP contribution in [0.1, 0.15) is 6.42 Å². The Kier molecular flexibility index (Phi) is 8.08. The van der Waals surface area contributed by atoms with Crippen molar-refractivity contribution in [2.75, 3.05) is 0 Å². The van der Waals surface area contributed by atoms with Crippen molar-refractivity contribution in [2.24, 2.45) is 0 Å². The van der Waals surface area contributed by atoms with Crippen LogP contribution in [0.5, 0.6) is 0 Å². The first-order valence-corrected chi connectivity index (χ1v) is 4.86. The highest BCUT2D eigenvalue weighted by Crippen LogP contribution is 2.49. The van der Waals surface area contributed by atoms with Gasteiger partial charge in [0.25, 0.3) is 6.43 Å². The molecule has 0 N–H and O–H groups in total. The summed E-state index contributed by atoms with van der Waals surface area (Å²) in [7, 11) is 0. The van der Waals surface area contributed by atoms with E-state index in [1.807, 2.05) is 0 Å². The van der Waals surface area contributed by atoms with Gasteiger partial charge in [-0.2, -0.15) is 43.9 Å². The van der Waals surface area contributed by atoms with Gasteiger partial charge in [0.2, 0.25) is 12.6 Å². The van der Waals surface area contributed by atoms with Crippen LogP contribution >= 0.6 is 0 Å². The Balaban J connectivity index is 0. The first-order valence-electron chi connectivity index (χ1n) is 4.86. The van der Waals surface area contributed by atoms with E-state index >= 15 is 0 Å². The summed E-state index contributed by atoms with van der Waals surface area (Å²) in [6.07, 6.45) is -26.4. The second kappa shape index (κ2) is 7.68. The quantitative estimate of drug-likeness (QED) is 0.550. The van der Waals surface area contributed by atoms with E-state index in [4.69, 9.17) is 0 Å². The fourth-order valence-corrected chi connectivity index (χ4v) is 0.695. The Labute approximate surface area is 117 Å². The van der Waals surface area contributed by atoms with Gasteiger partial charge < -0.3 is 0 Å². The lowest BCUT2D eigenvalue weighted by molar-refractivity contribution is -0.371. The van der Waals surface area contributed by atoms with Crippen LogP contribution in [0, 0.1) is 0 Å². The van der Waals surface area contributed by atoms with Gasteiger partial charge in [0.05, 0.1) is 0 Å². The second-order valence-corrected chi connectivity index (χ2v) is 3.64. The van der Waals surface area contributed by atoms with E-state index in [0.717, 1.165) is 0 Å². The molecule has 1 unspecified atom stereocenters. The number of hydrogen-bond donors (Lipinski definition) is 0. The van der Waals surface area contributed by atoms with E-state index in [1.165, 1.54) is 0 Å². The molecule has 15 heteroatoms. The molecule has 23 heavy (non-hydrogen) atoms. The van der Waals surface area contributed by atoms with Crippen molar-refractivity contribution in [3.05, 3.63) is 0 Å². The van der Waals surface area contributed by atoms with Gasteiger partial charge in [-0.15, -0.1) is 0 Å². The molecule has 0 saturated heterocycles. The maximum Gasteiger partial charge on any atom is 0.459 e. The van der Waals surface area contributed by atoms with Crippen molar-refractivity contribution < 1.29 is 65.9 Å². The van der Waals surface area contributed by atoms with Crippen molar-refractivity contribution in [1.82, 2.24) is 0 Å². The molecule has 0 fully saturated rings. The van der Waals surface area contributed by atoms with Crippen molar-refractivity contribution in [3.8, 4) is 0 Å². The van der Waals surface area contributed by atoms with Gasteiger partial charge in [-0.25, -0.2) is 22.0 Å². The number of hydrogen-bond acceptors (Lipinski definition) is 0. The summed E-state index contributed by atoms with van der Waals surface area (Å²) in [5.41, 5.74) is 0. The molecular weight excluding hydrogens is 381 g/mol. The highest BCUT2D eigenvalue weighted by Gasteiger charge is 2.77. The molecule has 0 aromatic heterocycles. The van der Waals surface area contributed by atoms with Gasteiger partial charge in [-0.1, -0.05) is 0 Å². The summed E-state index contributed by atoms with van der Waals surface area (Å²) < 4.78 is 170. The minimum atomic E-state index is -6.85. The van der Waals surface area contributed by atoms with Gasteiger partial charge in [0.1, 0.15) is 6.42 Å². The molecule has 0 amide bonds. The lowest BCUT2D eigenvalue weighted by atomic mass is 10.1. The molecule has 0 saturated carbocycles. The molecule has 1 atom stereocenters. The average Bonchev–Trinajstić information content (AvgIpc) is 2.23. The van der Waals surface area contributed by atoms with Crippen LogP contribution in [0.4, 0.5) is 65.9 Å². The summed E-state index contributed by atoms with van der Waals surface area (Å²) in [4.78, 5) is 0. The van der Waals surface area contributed by atoms with E-state index in [-0.39, 0.29) is 0 Å². The third-order valence-electron chi connectivity index (χ3n) is 1.73. The monoisotopic (exact) mass is 386 g/mol. The summed E-state index contributed by atoms with van der Waals surface area (Å²) in [5, 5.41) is 0. The molecule has 0 aliphatic carbocycles. The fraction of sp³-hybridized carbons (Fsp3) is 1.00. The second-order valence-electron chi connectivity index (χ2n) is 3.64. The third kappa shape index (κ3) is 7.37. The van der Waals surface area contributed by atoms with Crippen molar-refractivity contribution in [1.29, 1.82) is 0 Å². The summed E-state index contributed by atoms with van der Waals surface area (Å²) >= 11 is 0. The third-order valence-corrected chi connectivity index (χ3v) is 1.73. The highest BCUT2D eigenvalue weighted by molar-refractivity contribution is 4.96. The Hall–Kier alpha value is -1.05. The Morgan fingerprint density at radius 1 is 0.609 bits per heavy atom. The normalized spacial score (nSPS) is 15.5. The van der Waals surface area contributed by atoms with Crippen LogP contribution in [-0.2, 0) is 0 Å². The van der Waals surface area contributed by atoms with E-state index in [9.17, 15) is 65.9 Å². The average molecular weight is 386 g/mol. The summed E-state index contributed by atoms with van der Waals surface area (Å²) in [6.45, 7) is 0. The van der Waals surface area contributed by atoms with Crippen molar-refractivity contribution in [2.45, 2.75) is 49.6 Å². The van der Waals surface area contributed by atoms with Crippen LogP contribution in [0.2, 0.25) is 0 Å². The SMILES string of the molecule is FC(F)C(F)C(F)(F)C(F)(F)C(F)(F)F.FC(F)CC(F)(F)F. The Bertz CT molecular complexity index is 336. The largest absolute Gasteiger partial charge is 0.459 e. The van der Waals surface area contributed by atoms with Crippen LogP contribution < -0.4 is 0 Å². The molecule has 0 spiro atoms. The molecular formula is C8H5F15. The summed E-state index contributed by atoms with van der Waals surface area (Å²) in [6, 6.07) is 0. The first kappa shape index (κ1) is 24.2. The highest BCUT2D eigenvalue weighted by atomic mass is 19.4. The zero-order valence-electron chi connectivity index (χ0n) is 10.1.